The van der Waals surface area contributed by atoms with Crippen LogP contribution < -0.4 is 5.32 Å². The van der Waals surface area contributed by atoms with Crippen LogP contribution in [0.5, 0.6) is 0 Å². The molecule has 4 atom stereocenters. The van der Waals surface area contributed by atoms with E-state index in [1.165, 1.54) is 0 Å². The highest BCUT2D eigenvalue weighted by atomic mass is 79.9. The molecular formula is C16H18BrNO3. The molecule has 0 aliphatic heterocycles. The van der Waals surface area contributed by atoms with Gasteiger partial charge in [-0.05, 0) is 61.8 Å². The highest BCUT2D eigenvalue weighted by Gasteiger charge is 2.51. The summed E-state index contributed by atoms with van der Waals surface area (Å²) in [5, 5.41) is 12.4. The molecule has 2 fully saturated rings. The van der Waals surface area contributed by atoms with Gasteiger partial charge in [0.05, 0.1) is 5.92 Å². The maximum atomic E-state index is 12.4. The highest BCUT2D eigenvalue weighted by Crippen LogP contribution is 2.48. The monoisotopic (exact) mass is 351 g/mol. The van der Waals surface area contributed by atoms with Crippen molar-refractivity contribution in [2.24, 2.45) is 17.8 Å². The number of hydrogen-bond donors (Lipinski definition) is 2. The van der Waals surface area contributed by atoms with E-state index in [0.717, 1.165) is 29.3 Å². The third-order valence-corrected chi connectivity index (χ3v) is 5.26. The first-order valence-corrected chi connectivity index (χ1v) is 8.06. The fourth-order valence-corrected chi connectivity index (χ4v) is 4.56. The topological polar surface area (TPSA) is 66.4 Å². The Morgan fingerprint density at radius 2 is 1.95 bits per heavy atom. The molecule has 2 aliphatic rings. The zero-order valence-electron chi connectivity index (χ0n) is 11.8. The highest BCUT2D eigenvalue weighted by molar-refractivity contribution is 9.10. The minimum absolute atomic E-state index is 0.178. The molecule has 0 aromatic heterocycles. The number of nitrogens with one attached hydrogen (secondary N) is 1. The molecule has 0 saturated heterocycles. The lowest BCUT2D eigenvalue weighted by Gasteiger charge is -2.28. The van der Waals surface area contributed by atoms with Crippen molar-refractivity contribution in [1.29, 1.82) is 0 Å². The molecule has 1 aromatic carbocycles. The van der Waals surface area contributed by atoms with Gasteiger partial charge in [0.25, 0.3) is 5.91 Å². The van der Waals surface area contributed by atoms with Gasteiger partial charge < -0.3 is 10.4 Å². The molecule has 1 aromatic rings. The van der Waals surface area contributed by atoms with Crippen molar-refractivity contribution < 1.29 is 14.7 Å². The SMILES string of the molecule is Cc1cc(Br)cc(C(=O)NC2C3CCC(C3)C2C(=O)O)c1. The number of fused-ring (bicyclic) bond motifs is 2. The van der Waals surface area contributed by atoms with Crippen molar-refractivity contribution in [1.82, 2.24) is 5.32 Å². The summed E-state index contributed by atoms with van der Waals surface area (Å²) in [6, 6.07) is 5.30. The standard InChI is InChI=1S/C16H18BrNO3/c1-8-4-11(7-12(17)5-8)15(19)18-14-10-3-2-9(6-10)13(14)16(20)21/h4-5,7,9-10,13-14H,2-3,6H2,1H3,(H,18,19)(H,20,21). The van der Waals surface area contributed by atoms with Crippen LogP contribution >= 0.6 is 15.9 Å². The second-order valence-electron chi connectivity index (χ2n) is 6.21. The van der Waals surface area contributed by atoms with Crippen molar-refractivity contribution in [2.75, 3.05) is 0 Å². The Balaban J connectivity index is 1.79. The number of aryl methyl sites for hydroxylation is 1. The number of carboxylic acid groups (broad SMARTS) is 1. The maximum Gasteiger partial charge on any atom is 0.308 e. The molecule has 112 valence electrons. The van der Waals surface area contributed by atoms with Gasteiger partial charge in [-0.25, -0.2) is 0 Å². The molecule has 5 heteroatoms. The number of aliphatic carboxylic acids is 1. The van der Waals surface area contributed by atoms with Crippen LogP contribution in [-0.2, 0) is 4.79 Å². The van der Waals surface area contributed by atoms with E-state index >= 15 is 0 Å². The van der Waals surface area contributed by atoms with E-state index in [9.17, 15) is 14.7 Å². The summed E-state index contributed by atoms with van der Waals surface area (Å²) in [4.78, 5) is 23.9. The second-order valence-corrected chi connectivity index (χ2v) is 7.13. The van der Waals surface area contributed by atoms with Crippen molar-refractivity contribution >= 4 is 27.8 Å². The molecule has 3 rings (SSSR count). The Morgan fingerprint density at radius 3 is 2.62 bits per heavy atom. The van der Waals surface area contributed by atoms with E-state index in [1.807, 2.05) is 19.1 Å². The molecule has 2 aliphatic carbocycles. The Hall–Kier alpha value is -1.36. The molecule has 4 unspecified atom stereocenters. The first-order chi connectivity index (χ1) is 9.95. The maximum absolute atomic E-state index is 12.4. The van der Waals surface area contributed by atoms with Crippen LogP contribution in [0.4, 0.5) is 0 Å². The number of benzene rings is 1. The number of hydrogen-bond acceptors (Lipinski definition) is 2. The average molecular weight is 352 g/mol. The number of carbonyl (C=O) groups is 2. The molecule has 0 radical (unpaired) electrons. The van der Waals surface area contributed by atoms with E-state index < -0.39 is 11.9 Å². The van der Waals surface area contributed by atoms with Gasteiger partial charge in [-0.15, -0.1) is 0 Å². The Bertz CT molecular complexity index is 581. The fourth-order valence-electron chi connectivity index (χ4n) is 3.96. The Kier molecular flexibility index (Phi) is 3.78. The van der Waals surface area contributed by atoms with Crippen LogP contribution in [0.25, 0.3) is 0 Å². The molecule has 2 saturated carbocycles. The molecule has 0 heterocycles. The lowest BCUT2D eigenvalue weighted by Crippen LogP contribution is -2.46. The number of halogens is 1. The Morgan fingerprint density at radius 1 is 1.24 bits per heavy atom. The summed E-state index contributed by atoms with van der Waals surface area (Å²) in [7, 11) is 0. The molecule has 2 bridgehead atoms. The lowest BCUT2D eigenvalue weighted by atomic mass is 9.84. The van der Waals surface area contributed by atoms with Gasteiger partial charge in [0, 0.05) is 16.1 Å². The van der Waals surface area contributed by atoms with E-state index in [-0.39, 0.29) is 17.9 Å². The van der Waals surface area contributed by atoms with Crippen molar-refractivity contribution in [3.63, 3.8) is 0 Å². The van der Waals surface area contributed by atoms with Gasteiger partial charge in [0.15, 0.2) is 0 Å². The fraction of sp³-hybridized carbons (Fsp3) is 0.500. The van der Waals surface area contributed by atoms with Gasteiger partial charge >= 0.3 is 5.97 Å². The van der Waals surface area contributed by atoms with Crippen molar-refractivity contribution in [3.05, 3.63) is 33.8 Å². The predicted octanol–water partition coefficient (Wildman–Crippen LogP) is 2.99. The minimum Gasteiger partial charge on any atom is -0.481 e. The molecule has 1 amide bonds. The van der Waals surface area contributed by atoms with Gasteiger partial charge in [-0.1, -0.05) is 15.9 Å². The van der Waals surface area contributed by atoms with Crippen molar-refractivity contribution in [2.45, 2.75) is 32.2 Å². The van der Waals surface area contributed by atoms with E-state index in [4.69, 9.17) is 0 Å². The minimum atomic E-state index is -0.780. The van der Waals surface area contributed by atoms with Crippen LogP contribution in [-0.4, -0.2) is 23.0 Å². The smallest absolute Gasteiger partial charge is 0.308 e. The van der Waals surface area contributed by atoms with E-state index in [2.05, 4.69) is 21.2 Å². The quantitative estimate of drug-likeness (QED) is 0.879. The summed E-state index contributed by atoms with van der Waals surface area (Å²) in [6.45, 7) is 1.93. The summed E-state index contributed by atoms with van der Waals surface area (Å²) in [5.74, 6) is -0.850. The zero-order valence-corrected chi connectivity index (χ0v) is 13.4. The normalized spacial score (nSPS) is 30.4. The molecule has 0 spiro atoms. The van der Waals surface area contributed by atoms with Gasteiger partial charge in [0.2, 0.25) is 0 Å². The van der Waals surface area contributed by atoms with Gasteiger partial charge in [-0.2, -0.15) is 0 Å². The summed E-state index contributed by atoms with van der Waals surface area (Å²) in [6.07, 6.45) is 2.93. The lowest BCUT2D eigenvalue weighted by molar-refractivity contribution is -0.144. The number of carbonyl (C=O) groups excluding carboxylic acids is 1. The third kappa shape index (κ3) is 2.71. The molecular weight excluding hydrogens is 334 g/mol. The zero-order chi connectivity index (χ0) is 15.1. The van der Waals surface area contributed by atoms with E-state index in [0.29, 0.717) is 11.5 Å². The molecule has 4 nitrogen and oxygen atoms in total. The molecule has 21 heavy (non-hydrogen) atoms. The van der Waals surface area contributed by atoms with Crippen LogP contribution in [0.3, 0.4) is 0 Å². The first-order valence-electron chi connectivity index (χ1n) is 7.26. The van der Waals surface area contributed by atoms with Crippen molar-refractivity contribution in [3.8, 4) is 0 Å². The van der Waals surface area contributed by atoms with Crippen LogP contribution in [0.1, 0.15) is 35.2 Å². The second kappa shape index (κ2) is 5.44. The molecule has 2 N–H and O–H groups in total. The van der Waals surface area contributed by atoms with Crippen LogP contribution in [0, 0.1) is 24.7 Å². The first kappa shape index (κ1) is 14.6. The van der Waals surface area contributed by atoms with Gasteiger partial charge in [-0.3, -0.25) is 9.59 Å². The van der Waals surface area contributed by atoms with Gasteiger partial charge in [0.1, 0.15) is 0 Å². The van der Waals surface area contributed by atoms with E-state index in [1.54, 1.807) is 6.07 Å². The van der Waals surface area contributed by atoms with Crippen LogP contribution in [0.15, 0.2) is 22.7 Å². The predicted molar refractivity (Wildman–Crippen MR) is 82.1 cm³/mol. The number of rotatable bonds is 3. The average Bonchev–Trinajstić information content (AvgIpc) is 2.97. The largest absolute Gasteiger partial charge is 0.481 e. The third-order valence-electron chi connectivity index (χ3n) is 4.80. The number of carboxylic acids is 1. The summed E-state index contributed by atoms with van der Waals surface area (Å²) >= 11 is 3.39. The van der Waals surface area contributed by atoms with Crippen LogP contribution in [0.2, 0.25) is 0 Å². The summed E-state index contributed by atoms with van der Waals surface area (Å²) in [5.41, 5.74) is 1.58. The number of amides is 1. The Labute approximate surface area is 132 Å². The summed E-state index contributed by atoms with van der Waals surface area (Å²) < 4.78 is 0.857.